The molecule has 0 amide bonds. The molecule has 0 unspecified atom stereocenters. The quantitative estimate of drug-likeness (QED) is 0.659. The molecule has 1 aromatic rings. The molecule has 13 heavy (non-hydrogen) atoms. The number of aryl methyl sites for hydroxylation is 1. The number of carbonyl (C=O) groups is 1. The minimum absolute atomic E-state index is 0.0101. The van der Waals surface area contributed by atoms with Gasteiger partial charge in [-0.15, -0.1) is 0 Å². The molecule has 0 saturated heterocycles. The Balaban J connectivity index is 2.42. The molecular weight excluding hydrogens is 172 g/mol. The molecule has 0 aliphatic carbocycles. The van der Waals surface area contributed by atoms with Crippen LogP contribution in [-0.4, -0.2) is 26.0 Å². The maximum atomic E-state index is 10.6. The van der Waals surface area contributed by atoms with E-state index in [0.29, 0.717) is 18.7 Å². The number of aromatic nitrogens is 2. The highest BCUT2D eigenvalue weighted by molar-refractivity contribution is 5.85. The van der Waals surface area contributed by atoms with Crippen molar-refractivity contribution < 1.29 is 15.0 Å². The first-order valence-electron chi connectivity index (χ1n) is 4.17. The zero-order valence-electron chi connectivity index (χ0n) is 6.97. The number of aliphatic hydroxyl groups is 1. The molecule has 0 fully saturated rings. The van der Waals surface area contributed by atoms with Gasteiger partial charge >= 0.3 is 5.97 Å². The lowest BCUT2D eigenvalue weighted by Gasteiger charge is -2.18. The van der Waals surface area contributed by atoms with Gasteiger partial charge in [-0.3, -0.25) is 4.68 Å². The highest BCUT2D eigenvalue weighted by Gasteiger charge is 2.22. The van der Waals surface area contributed by atoms with Gasteiger partial charge in [0.05, 0.1) is 11.8 Å². The van der Waals surface area contributed by atoms with Crippen molar-refractivity contribution in [3.8, 4) is 0 Å². The molecule has 5 heteroatoms. The van der Waals surface area contributed by atoms with Crippen LogP contribution in [0, 0.1) is 0 Å². The standard InChI is InChI=1S/C8H10N2O3/c11-7-2-1-3-10-6(7)4-5(9-10)8(12)13/h4,7,11H,1-3H2,(H,12,13)/t7-/m0/s1. The fourth-order valence-electron chi connectivity index (χ4n) is 1.57. The van der Waals surface area contributed by atoms with Gasteiger partial charge in [0.1, 0.15) is 0 Å². The summed E-state index contributed by atoms with van der Waals surface area (Å²) in [6.45, 7) is 0.694. The second-order valence-corrected chi connectivity index (χ2v) is 3.14. The molecule has 5 nitrogen and oxygen atoms in total. The number of carboxylic acids is 1. The molecule has 2 rings (SSSR count). The van der Waals surface area contributed by atoms with Gasteiger partial charge in [0.25, 0.3) is 0 Å². The molecule has 1 aromatic heterocycles. The number of hydrogen-bond acceptors (Lipinski definition) is 3. The van der Waals surface area contributed by atoms with Crippen LogP contribution in [-0.2, 0) is 6.54 Å². The Labute approximate surface area is 74.6 Å². The highest BCUT2D eigenvalue weighted by atomic mass is 16.4. The molecule has 0 spiro atoms. The molecule has 0 aromatic carbocycles. The topological polar surface area (TPSA) is 75.3 Å². The molecule has 1 aliphatic heterocycles. The van der Waals surface area contributed by atoms with Crippen molar-refractivity contribution in [3.63, 3.8) is 0 Å². The Bertz CT molecular complexity index is 345. The van der Waals surface area contributed by atoms with Crippen LogP contribution in [0.2, 0.25) is 0 Å². The second kappa shape index (κ2) is 2.85. The average molecular weight is 182 g/mol. The molecular formula is C8H10N2O3. The van der Waals surface area contributed by atoms with E-state index in [-0.39, 0.29) is 5.69 Å². The third-order valence-electron chi connectivity index (χ3n) is 2.22. The van der Waals surface area contributed by atoms with Crippen LogP contribution in [0.25, 0.3) is 0 Å². The van der Waals surface area contributed by atoms with Crippen molar-refractivity contribution in [3.05, 3.63) is 17.5 Å². The second-order valence-electron chi connectivity index (χ2n) is 3.14. The Morgan fingerprint density at radius 3 is 3.08 bits per heavy atom. The van der Waals surface area contributed by atoms with Crippen molar-refractivity contribution >= 4 is 5.97 Å². The maximum Gasteiger partial charge on any atom is 0.356 e. The van der Waals surface area contributed by atoms with Crippen LogP contribution < -0.4 is 0 Å². The van der Waals surface area contributed by atoms with Gasteiger partial charge < -0.3 is 10.2 Å². The Kier molecular flexibility index (Phi) is 1.81. The van der Waals surface area contributed by atoms with Crippen LogP contribution in [0.3, 0.4) is 0 Å². The maximum absolute atomic E-state index is 10.6. The van der Waals surface area contributed by atoms with Crippen molar-refractivity contribution in [2.24, 2.45) is 0 Å². The smallest absolute Gasteiger partial charge is 0.356 e. The minimum Gasteiger partial charge on any atom is -0.476 e. The Morgan fingerprint density at radius 2 is 2.46 bits per heavy atom. The fourth-order valence-corrected chi connectivity index (χ4v) is 1.57. The predicted molar refractivity (Wildman–Crippen MR) is 43.4 cm³/mol. The largest absolute Gasteiger partial charge is 0.476 e. The molecule has 2 heterocycles. The van der Waals surface area contributed by atoms with Crippen molar-refractivity contribution in [1.82, 2.24) is 9.78 Å². The number of aliphatic hydroxyl groups excluding tert-OH is 1. The van der Waals surface area contributed by atoms with Gasteiger partial charge in [0.2, 0.25) is 0 Å². The fraction of sp³-hybridized carbons (Fsp3) is 0.500. The van der Waals surface area contributed by atoms with Crippen molar-refractivity contribution in [2.45, 2.75) is 25.5 Å². The highest BCUT2D eigenvalue weighted by Crippen LogP contribution is 2.24. The molecule has 0 saturated carbocycles. The van der Waals surface area contributed by atoms with Crippen LogP contribution in [0.1, 0.15) is 35.1 Å². The lowest BCUT2D eigenvalue weighted by Crippen LogP contribution is -2.15. The number of nitrogens with zero attached hydrogens (tertiary/aromatic N) is 2. The van der Waals surface area contributed by atoms with E-state index >= 15 is 0 Å². The number of carboxylic acid groups (broad SMARTS) is 1. The van der Waals surface area contributed by atoms with Gasteiger partial charge in [0.15, 0.2) is 5.69 Å². The van der Waals surface area contributed by atoms with Crippen LogP contribution in [0.5, 0.6) is 0 Å². The summed E-state index contributed by atoms with van der Waals surface area (Å²) in [6, 6.07) is 1.44. The van der Waals surface area contributed by atoms with E-state index in [2.05, 4.69) is 5.10 Å². The first kappa shape index (κ1) is 8.25. The third kappa shape index (κ3) is 1.31. The van der Waals surface area contributed by atoms with Gasteiger partial charge in [-0.25, -0.2) is 4.79 Å². The summed E-state index contributed by atoms with van der Waals surface area (Å²) < 4.78 is 1.57. The lowest BCUT2D eigenvalue weighted by atomic mass is 10.1. The van der Waals surface area contributed by atoms with E-state index in [1.165, 1.54) is 6.07 Å². The summed E-state index contributed by atoms with van der Waals surface area (Å²) in [5, 5.41) is 22.0. The Morgan fingerprint density at radius 1 is 1.69 bits per heavy atom. The van der Waals surface area contributed by atoms with E-state index in [4.69, 9.17) is 5.11 Å². The summed E-state index contributed by atoms with van der Waals surface area (Å²) in [5.74, 6) is -1.05. The zero-order valence-corrected chi connectivity index (χ0v) is 6.97. The normalized spacial score (nSPS) is 21.2. The summed E-state index contributed by atoms with van der Waals surface area (Å²) in [7, 11) is 0. The Hall–Kier alpha value is -1.36. The number of aromatic carboxylic acids is 1. The number of rotatable bonds is 1. The SMILES string of the molecule is O=C(O)c1cc2n(n1)CCC[C@@H]2O. The van der Waals surface area contributed by atoms with Gasteiger partial charge in [-0.05, 0) is 18.9 Å². The van der Waals surface area contributed by atoms with Crippen molar-refractivity contribution in [1.29, 1.82) is 0 Å². The first-order valence-corrected chi connectivity index (χ1v) is 4.17. The summed E-state index contributed by atoms with van der Waals surface area (Å²) in [6.07, 6.45) is 0.967. The van der Waals surface area contributed by atoms with Gasteiger partial charge in [0, 0.05) is 6.54 Å². The number of fused-ring (bicyclic) bond motifs is 1. The van der Waals surface area contributed by atoms with Crippen LogP contribution >= 0.6 is 0 Å². The monoisotopic (exact) mass is 182 g/mol. The molecule has 1 atom stereocenters. The lowest BCUT2D eigenvalue weighted by molar-refractivity contribution is 0.0689. The summed E-state index contributed by atoms with van der Waals surface area (Å²) >= 11 is 0. The number of hydrogen-bond donors (Lipinski definition) is 2. The van der Waals surface area contributed by atoms with Crippen LogP contribution in [0.15, 0.2) is 6.07 Å². The minimum atomic E-state index is -1.05. The molecule has 70 valence electrons. The van der Waals surface area contributed by atoms with E-state index in [1.807, 2.05) is 0 Å². The summed E-state index contributed by atoms with van der Waals surface area (Å²) in [5.41, 5.74) is 0.625. The third-order valence-corrected chi connectivity index (χ3v) is 2.22. The molecule has 2 N–H and O–H groups in total. The van der Waals surface area contributed by atoms with E-state index < -0.39 is 12.1 Å². The van der Waals surface area contributed by atoms with Gasteiger partial charge in [-0.2, -0.15) is 5.10 Å². The summed E-state index contributed by atoms with van der Waals surface area (Å²) in [4.78, 5) is 10.6. The van der Waals surface area contributed by atoms with Crippen molar-refractivity contribution in [2.75, 3.05) is 0 Å². The average Bonchev–Trinajstić information content (AvgIpc) is 2.49. The molecule has 1 aliphatic rings. The van der Waals surface area contributed by atoms with E-state index in [0.717, 1.165) is 6.42 Å². The zero-order chi connectivity index (χ0) is 9.42. The molecule has 0 bridgehead atoms. The first-order chi connectivity index (χ1) is 6.18. The predicted octanol–water partition coefficient (Wildman–Crippen LogP) is 0.408. The van der Waals surface area contributed by atoms with Crippen LogP contribution in [0.4, 0.5) is 0 Å². The van der Waals surface area contributed by atoms with Gasteiger partial charge in [-0.1, -0.05) is 0 Å². The van der Waals surface area contributed by atoms with E-state index in [1.54, 1.807) is 4.68 Å². The van der Waals surface area contributed by atoms with E-state index in [9.17, 15) is 9.90 Å². The molecule has 0 radical (unpaired) electrons.